The summed E-state index contributed by atoms with van der Waals surface area (Å²) in [5, 5.41) is 15.2. The highest BCUT2D eigenvalue weighted by Gasteiger charge is 2.13. The number of aryl methyl sites for hydroxylation is 2. The van der Waals surface area contributed by atoms with Gasteiger partial charge in [0.2, 0.25) is 16.0 Å². The van der Waals surface area contributed by atoms with E-state index in [1.807, 2.05) is 6.07 Å². The van der Waals surface area contributed by atoms with Gasteiger partial charge in [0.05, 0.1) is 6.42 Å². The van der Waals surface area contributed by atoms with Crippen molar-refractivity contribution in [3.8, 4) is 0 Å². The third kappa shape index (κ3) is 2.40. The highest BCUT2D eigenvalue weighted by atomic mass is 32.1. The van der Waals surface area contributed by atoms with E-state index >= 15 is 0 Å². The number of hydrogen-bond donors (Lipinski definition) is 1. The van der Waals surface area contributed by atoms with Crippen LogP contribution in [0.4, 0.5) is 5.13 Å². The Hall–Kier alpha value is -2.28. The smallest absolute Gasteiger partial charge is 0.236 e. The van der Waals surface area contributed by atoms with Gasteiger partial charge < -0.3 is 5.32 Å². The molecule has 4 rings (SSSR count). The van der Waals surface area contributed by atoms with Gasteiger partial charge in [-0.05, 0) is 36.0 Å². The Morgan fingerprint density at radius 3 is 3.14 bits per heavy atom. The van der Waals surface area contributed by atoms with E-state index in [1.165, 1.54) is 35.2 Å². The first-order valence-corrected chi connectivity index (χ1v) is 7.67. The number of carbonyl (C=O) groups is 1. The second kappa shape index (κ2) is 4.92. The van der Waals surface area contributed by atoms with Crippen molar-refractivity contribution in [1.82, 2.24) is 19.8 Å². The fourth-order valence-corrected chi connectivity index (χ4v) is 3.43. The van der Waals surface area contributed by atoms with Crippen LogP contribution in [0.5, 0.6) is 0 Å². The molecule has 1 aromatic carbocycles. The summed E-state index contributed by atoms with van der Waals surface area (Å²) in [6, 6.07) is 6.34. The molecule has 1 aliphatic carbocycles. The van der Waals surface area contributed by atoms with Gasteiger partial charge in [-0.25, -0.2) is 0 Å². The number of rotatable bonds is 3. The van der Waals surface area contributed by atoms with Crippen LogP contribution in [0.3, 0.4) is 0 Å². The molecule has 0 saturated carbocycles. The van der Waals surface area contributed by atoms with Crippen LogP contribution < -0.4 is 5.32 Å². The molecule has 0 aliphatic heterocycles. The van der Waals surface area contributed by atoms with Crippen LogP contribution in [0, 0.1) is 0 Å². The van der Waals surface area contributed by atoms with E-state index in [0.29, 0.717) is 16.5 Å². The maximum absolute atomic E-state index is 12.1. The fourth-order valence-electron chi connectivity index (χ4n) is 2.69. The minimum Gasteiger partial charge on any atom is -0.300 e. The zero-order chi connectivity index (χ0) is 14.2. The Morgan fingerprint density at radius 2 is 2.24 bits per heavy atom. The molecule has 6 nitrogen and oxygen atoms in total. The normalized spacial score (nSPS) is 13.5. The largest absolute Gasteiger partial charge is 0.300 e. The zero-order valence-electron chi connectivity index (χ0n) is 11.2. The van der Waals surface area contributed by atoms with Crippen LogP contribution in [-0.4, -0.2) is 25.7 Å². The van der Waals surface area contributed by atoms with Gasteiger partial charge >= 0.3 is 0 Å². The molecule has 21 heavy (non-hydrogen) atoms. The van der Waals surface area contributed by atoms with Crippen molar-refractivity contribution in [1.29, 1.82) is 0 Å². The molecule has 0 saturated heterocycles. The molecule has 1 amide bonds. The molecular weight excluding hydrogens is 286 g/mol. The lowest BCUT2D eigenvalue weighted by atomic mass is 10.0. The summed E-state index contributed by atoms with van der Waals surface area (Å²) in [7, 11) is 0. The Bertz CT molecular complexity index is 793. The van der Waals surface area contributed by atoms with E-state index in [9.17, 15) is 4.79 Å². The highest BCUT2D eigenvalue weighted by Crippen LogP contribution is 2.23. The summed E-state index contributed by atoms with van der Waals surface area (Å²) in [6.45, 7) is 0. The van der Waals surface area contributed by atoms with Gasteiger partial charge in [0, 0.05) is 0 Å². The lowest BCUT2D eigenvalue weighted by Crippen LogP contribution is -2.14. The van der Waals surface area contributed by atoms with Gasteiger partial charge in [-0.3, -0.25) is 4.79 Å². The fraction of sp³-hybridized carbons (Fsp3) is 0.286. The molecule has 0 bridgehead atoms. The zero-order valence-corrected chi connectivity index (χ0v) is 12.1. The summed E-state index contributed by atoms with van der Waals surface area (Å²) in [5.74, 6) is -0.0575. The number of carbonyl (C=O) groups excluding carboxylic acids is 1. The van der Waals surface area contributed by atoms with E-state index in [0.717, 1.165) is 18.4 Å². The first-order chi connectivity index (χ1) is 10.3. The third-order valence-electron chi connectivity index (χ3n) is 3.66. The molecular formula is C14H13N5OS. The summed E-state index contributed by atoms with van der Waals surface area (Å²) < 4.78 is 1.55. The topological polar surface area (TPSA) is 72.2 Å². The minimum absolute atomic E-state index is 0.0575. The van der Waals surface area contributed by atoms with Crippen LogP contribution in [0.25, 0.3) is 4.96 Å². The molecule has 2 aromatic heterocycles. The number of aromatic nitrogens is 4. The molecule has 2 heterocycles. The van der Waals surface area contributed by atoms with Crippen LogP contribution in [0.1, 0.15) is 23.1 Å². The van der Waals surface area contributed by atoms with Gasteiger partial charge in [-0.15, -0.1) is 15.3 Å². The van der Waals surface area contributed by atoms with Crippen LogP contribution in [0.2, 0.25) is 0 Å². The number of anilines is 1. The first kappa shape index (κ1) is 12.5. The second-order valence-electron chi connectivity index (χ2n) is 5.15. The van der Waals surface area contributed by atoms with Crippen LogP contribution in [0.15, 0.2) is 24.5 Å². The van der Waals surface area contributed by atoms with E-state index < -0.39 is 0 Å². The molecule has 1 aliphatic rings. The lowest BCUT2D eigenvalue weighted by molar-refractivity contribution is -0.115. The van der Waals surface area contributed by atoms with Gasteiger partial charge in [0.25, 0.3) is 0 Å². The van der Waals surface area contributed by atoms with Crippen molar-refractivity contribution in [3.05, 3.63) is 41.2 Å². The standard InChI is InChI=1S/C14H13N5OS/c20-12(16-13-18-19-8-15-17-14(19)21-13)7-9-4-5-10-2-1-3-11(10)6-9/h4-6,8H,1-3,7H2,(H,16,18,20). The third-order valence-corrected chi connectivity index (χ3v) is 4.49. The van der Waals surface area contributed by atoms with Crippen molar-refractivity contribution in [2.45, 2.75) is 25.7 Å². The molecule has 0 fully saturated rings. The summed E-state index contributed by atoms with van der Waals surface area (Å²) in [4.78, 5) is 12.8. The predicted molar refractivity (Wildman–Crippen MR) is 79.5 cm³/mol. The quantitative estimate of drug-likeness (QED) is 0.801. The molecule has 0 spiro atoms. The second-order valence-corrected chi connectivity index (χ2v) is 6.10. The SMILES string of the molecule is O=C(Cc1ccc2c(c1)CCC2)Nc1nn2cnnc2s1. The molecule has 1 N–H and O–H groups in total. The Morgan fingerprint density at radius 1 is 1.33 bits per heavy atom. The van der Waals surface area contributed by atoms with Gasteiger partial charge in [0.15, 0.2) is 0 Å². The Labute approximate surface area is 124 Å². The summed E-state index contributed by atoms with van der Waals surface area (Å²) >= 11 is 1.31. The van der Waals surface area contributed by atoms with Crippen molar-refractivity contribution < 1.29 is 4.79 Å². The van der Waals surface area contributed by atoms with Crippen molar-refractivity contribution >= 4 is 27.3 Å². The lowest BCUT2D eigenvalue weighted by Gasteiger charge is -2.04. The van der Waals surface area contributed by atoms with E-state index in [1.54, 1.807) is 4.52 Å². The number of nitrogens with zero attached hydrogens (tertiary/aromatic N) is 4. The Balaban J connectivity index is 1.47. The molecule has 0 radical (unpaired) electrons. The highest BCUT2D eigenvalue weighted by molar-refractivity contribution is 7.20. The maximum atomic E-state index is 12.1. The van der Waals surface area contributed by atoms with Crippen LogP contribution >= 0.6 is 11.3 Å². The van der Waals surface area contributed by atoms with Gasteiger partial charge in [-0.2, -0.15) is 4.52 Å². The number of amides is 1. The monoisotopic (exact) mass is 299 g/mol. The summed E-state index contributed by atoms with van der Waals surface area (Å²) in [5.41, 5.74) is 3.86. The van der Waals surface area contributed by atoms with Gasteiger partial charge in [0.1, 0.15) is 6.33 Å². The predicted octanol–water partition coefficient (Wildman–Crippen LogP) is 1.86. The molecule has 106 valence electrons. The van der Waals surface area contributed by atoms with E-state index in [4.69, 9.17) is 0 Å². The van der Waals surface area contributed by atoms with Crippen molar-refractivity contribution in [2.75, 3.05) is 5.32 Å². The van der Waals surface area contributed by atoms with E-state index in [2.05, 4.69) is 32.7 Å². The van der Waals surface area contributed by atoms with Crippen LogP contribution in [-0.2, 0) is 24.1 Å². The number of benzene rings is 1. The van der Waals surface area contributed by atoms with Crippen molar-refractivity contribution in [3.63, 3.8) is 0 Å². The number of hydrogen-bond acceptors (Lipinski definition) is 5. The first-order valence-electron chi connectivity index (χ1n) is 6.85. The molecule has 3 aromatic rings. The molecule has 0 atom stereocenters. The minimum atomic E-state index is -0.0575. The number of nitrogens with one attached hydrogen (secondary N) is 1. The maximum Gasteiger partial charge on any atom is 0.236 e. The average molecular weight is 299 g/mol. The molecule has 0 unspecified atom stereocenters. The average Bonchev–Trinajstić information content (AvgIpc) is 3.12. The summed E-state index contributed by atoms with van der Waals surface area (Å²) in [6.07, 6.45) is 5.39. The Kier molecular flexibility index (Phi) is 2.92. The van der Waals surface area contributed by atoms with E-state index in [-0.39, 0.29) is 5.91 Å². The number of fused-ring (bicyclic) bond motifs is 2. The van der Waals surface area contributed by atoms with Crippen molar-refractivity contribution in [2.24, 2.45) is 0 Å². The van der Waals surface area contributed by atoms with Gasteiger partial charge in [-0.1, -0.05) is 29.5 Å². The molecule has 7 heteroatoms.